The number of hydrogen-bond donors (Lipinski definition) is 1. The van der Waals surface area contributed by atoms with Gasteiger partial charge in [-0.1, -0.05) is 43.9 Å². The third kappa shape index (κ3) is 3.87. The Hall–Kier alpha value is -1.88. The summed E-state index contributed by atoms with van der Waals surface area (Å²) in [5, 5.41) is 18.7. The molecule has 0 spiro atoms. The van der Waals surface area contributed by atoms with Crippen molar-refractivity contribution in [1.82, 2.24) is 15.1 Å². The maximum absolute atomic E-state index is 10.2. The van der Waals surface area contributed by atoms with Crippen molar-refractivity contribution in [2.45, 2.75) is 76.4 Å². The summed E-state index contributed by atoms with van der Waals surface area (Å²) in [4.78, 5) is 2.41. The van der Waals surface area contributed by atoms with Crippen LogP contribution < -0.4 is 0 Å². The molecule has 0 radical (unpaired) electrons. The van der Waals surface area contributed by atoms with Gasteiger partial charge in [0.1, 0.15) is 5.75 Å². The van der Waals surface area contributed by atoms with E-state index in [4.69, 9.17) is 4.42 Å². The van der Waals surface area contributed by atoms with Crippen molar-refractivity contribution in [3.63, 3.8) is 0 Å². The van der Waals surface area contributed by atoms with E-state index in [9.17, 15) is 5.11 Å². The van der Waals surface area contributed by atoms with Crippen LogP contribution in [-0.4, -0.2) is 26.2 Å². The first-order valence-corrected chi connectivity index (χ1v) is 9.63. The van der Waals surface area contributed by atoms with Gasteiger partial charge in [0, 0.05) is 24.1 Å². The van der Waals surface area contributed by atoms with Crippen molar-refractivity contribution in [1.29, 1.82) is 0 Å². The SMILES string of the molecule is Oc1ccccc1CN(Cc1nnc(C2CCC2)o1)C1CCCCC1. The lowest BCUT2D eigenvalue weighted by molar-refractivity contribution is 0.125. The zero-order valence-electron chi connectivity index (χ0n) is 14.7. The van der Waals surface area contributed by atoms with E-state index >= 15 is 0 Å². The fourth-order valence-electron chi connectivity index (χ4n) is 3.95. The predicted octanol–water partition coefficient (Wildman–Crippen LogP) is 4.38. The molecule has 2 aliphatic carbocycles. The summed E-state index contributed by atoms with van der Waals surface area (Å²) >= 11 is 0. The van der Waals surface area contributed by atoms with Gasteiger partial charge in [0.15, 0.2) is 0 Å². The summed E-state index contributed by atoms with van der Waals surface area (Å²) in [5.41, 5.74) is 0.965. The van der Waals surface area contributed by atoms with E-state index in [0.717, 1.165) is 18.0 Å². The molecule has 0 aliphatic heterocycles. The molecule has 2 aromatic rings. The molecule has 5 heteroatoms. The quantitative estimate of drug-likeness (QED) is 0.845. The van der Waals surface area contributed by atoms with Crippen molar-refractivity contribution < 1.29 is 9.52 Å². The van der Waals surface area contributed by atoms with Gasteiger partial charge in [-0.15, -0.1) is 10.2 Å². The highest BCUT2D eigenvalue weighted by Gasteiger charge is 2.27. The number of para-hydroxylation sites is 1. The molecule has 5 nitrogen and oxygen atoms in total. The van der Waals surface area contributed by atoms with E-state index in [1.807, 2.05) is 18.2 Å². The molecule has 1 aromatic heterocycles. The van der Waals surface area contributed by atoms with Crippen LogP contribution in [0.4, 0.5) is 0 Å². The third-order valence-corrected chi connectivity index (χ3v) is 5.73. The topological polar surface area (TPSA) is 62.4 Å². The first-order chi connectivity index (χ1) is 12.3. The molecule has 2 saturated carbocycles. The summed E-state index contributed by atoms with van der Waals surface area (Å²) in [6.07, 6.45) is 9.90. The monoisotopic (exact) mass is 341 g/mol. The molecule has 0 saturated heterocycles. The lowest BCUT2D eigenvalue weighted by Gasteiger charge is -2.33. The van der Waals surface area contributed by atoms with Crippen molar-refractivity contribution in [3.05, 3.63) is 41.6 Å². The highest BCUT2D eigenvalue weighted by Crippen LogP contribution is 2.35. The van der Waals surface area contributed by atoms with Crippen LogP contribution in [0.5, 0.6) is 5.75 Å². The molecular formula is C20H27N3O2. The number of aromatic nitrogens is 2. The van der Waals surface area contributed by atoms with Gasteiger partial charge in [-0.25, -0.2) is 0 Å². The van der Waals surface area contributed by atoms with Crippen LogP contribution in [0.15, 0.2) is 28.7 Å². The van der Waals surface area contributed by atoms with Crippen LogP contribution in [0.2, 0.25) is 0 Å². The van der Waals surface area contributed by atoms with Gasteiger partial charge >= 0.3 is 0 Å². The fourth-order valence-corrected chi connectivity index (χ4v) is 3.95. The molecular weight excluding hydrogens is 314 g/mol. The zero-order valence-corrected chi connectivity index (χ0v) is 14.7. The van der Waals surface area contributed by atoms with Gasteiger partial charge < -0.3 is 9.52 Å². The minimum Gasteiger partial charge on any atom is -0.508 e. The molecule has 4 rings (SSSR count). The van der Waals surface area contributed by atoms with Gasteiger partial charge in [-0.3, -0.25) is 4.90 Å². The van der Waals surface area contributed by atoms with E-state index in [1.54, 1.807) is 6.07 Å². The summed E-state index contributed by atoms with van der Waals surface area (Å²) in [6, 6.07) is 8.13. The van der Waals surface area contributed by atoms with Gasteiger partial charge in [-0.2, -0.15) is 0 Å². The lowest BCUT2D eigenvalue weighted by atomic mass is 9.85. The number of aromatic hydroxyl groups is 1. The van der Waals surface area contributed by atoms with Crippen molar-refractivity contribution >= 4 is 0 Å². The van der Waals surface area contributed by atoms with E-state index in [0.29, 0.717) is 30.1 Å². The normalized spacial score (nSPS) is 19.2. The predicted molar refractivity (Wildman–Crippen MR) is 95.1 cm³/mol. The van der Waals surface area contributed by atoms with E-state index in [1.165, 1.54) is 51.4 Å². The first-order valence-electron chi connectivity index (χ1n) is 9.63. The Morgan fingerprint density at radius 2 is 1.76 bits per heavy atom. The molecule has 0 bridgehead atoms. The molecule has 0 atom stereocenters. The smallest absolute Gasteiger partial charge is 0.230 e. The lowest BCUT2D eigenvalue weighted by Crippen LogP contribution is -2.36. The van der Waals surface area contributed by atoms with Crippen molar-refractivity contribution in [2.75, 3.05) is 0 Å². The number of rotatable bonds is 6. The molecule has 134 valence electrons. The van der Waals surface area contributed by atoms with E-state index in [-0.39, 0.29) is 0 Å². The van der Waals surface area contributed by atoms with Crippen LogP contribution >= 0.6 is 0 Å². The standard InChI is InChI=1S/C20H27N3O2/c24-18-12-5-4-7-16(18)13-23(17-10-2-1-3-11-17)14-19-21-22-20(25-19)15-8-6-9-15/h4-5,7,12,15,17,24H,1-3,6,8-11,13-14H2. The van der Waals surface area contributed by atoms with Crippen LogP contribution in [0.3, 0.4) is 0 Å². The minimum atomic E-state index is 0.365. The second-order valence-corrected chi connectivity index (χ2v) is 7.49. The van der Waals surface area contributed by atoms with E-state index < -0.39 is 0 Å². The molecule has 2 fully saturated rings. The van der Waals surface area contributed by atoms with Crippen LogP contribution in [0.1, 0.15) is 74.6 Å². The molecule has 0 unspecified atom stereocenters. The average molecular weight is 341 g/mol. The summed E-state index contributed by atoms with van der Waals surface area (Å²) in [7, 11) is 0. The number of benzene rings is 1. The molecule has 25 heavy (non-hydrogen) atoms. The fraction of sp³-hybridized carbons (Fsp3) is 0.600. The number of phenols is 1. The summed E-state index contributed by atoms with van der Waals surface area (Å²) < 4.78 is 5.95. The molecule has 1 aromatic carbocycles. The Bertz CT molecular complexity index is 690. The second-order valence-electron chi connectivity index (χ2n) is 7.49. The maximum Gasteiger partial charge on any atom is 0.230 e. The van der Waals surface area contributed by atoms with Gasteiger partial charge in [0.25, 0.3) is 0 Å². The summed E-state index contributed by atoms with van der Waals surface area (Å²) in [5.74, 6) is 2.36. The number of phenolic OH excluding ortho intramolecular Hbond substituents is 1. The molecule has 1 heterocycles. The van der Waals surface area contributed by atoms with Crippen molar-refractivity contribution in [3.8, 4) is 5.75 Å². The Morgan fingerprint density at radius 3 is 2.48 bits per heavy atom. The average Bonchev–Trinajstić information content (AvgIpc) is 3.03. The largest absolute Gasteiger partial charge is 0.508 e. The number of nitrogens with zero attached hydrogens (tertiary/aromatic N) is 3. The third-order valence-electron chi connectivity index (χ3n) is 5.73. The highest BCUT2D eigenvalue weighted by atomic mass is 16.4. The maximum atomic E-state index is 10.2. The molecule has 1 N–H and O–H groups in total. The van der Waals surface area contributed by atoms with Crippen molar-refractivity contribution in [2.24, 2.45) is 0 Å². The second kappa shape index (κ2) is 7.56. The van der Waals surface area contributed by atoms with Crippen LogP contribution in [0, 0.1) is 0 Å². The first kappa shape index (κ1) is 16.6. The Kier molecular flexibility index (Phi) is 5.02. The van der Waals surface area contributed by atoms with Crippen LogP contribution in [-0.2, 0) is 13.1 Å². The van der Waals surface area contributed by atoms with Gasteiger partial charge in [-0.05, 0) is 31.7 Å². The Balaban J connectivity index is 1.50. The summed E-state index contributed by atoms with van der Waals surface area (Å²) in [6.45, 7) is 1.39. The molecule has 2 aliphatic rings. The van der Waals surface area contributed by atoms with Crippen LogP contribution in [0.25, 0.3) is 0 Å². The van der Waals surface area contributed by atoms with Gasteiger partial charge in [0.05, 0.1) is 6.54 Å². The van der Waals surface area contributed by atoms with Gasteiger partial charge in [0.2, 0.25) is 11.8 Å². The molecule has 0 amide bonds. The Labute approximate surface area is 149 Å². The highest BCUT2D eigenvalue weighted by molar-refractivity contribution is 5.31. The zero-order chi connectivity index (χ0) is 17.1. The van der Waals surface area contributed by atoms with E-state index in [2.05, 4.69) is 15.1 Å². The number of hydrogen-bond acceptors (Lipinski definition) is 5. The Morgan fingerprint density at radius 1 is 0.960 bits per heavy atom. The minimum absolute atomic E-state index is 0.365.